The Morgan fingerprint density at radius 3 is 3.00 bits per heavy atom. The highest BCUT2D eigenvalue weighted by Crippen LogP contribution is 2.29. The van der Waals surface area contributed by atoms with E-state index < -0.39 is 6.23 Å². The Kier molecular flexibility index (Phi) is 3.75. The quantitative estimate of drug-likeness (QED) is 0.762. The number of fused-ring (bicyclic) bond motifs is 1. The number of aliphatic hydroxyl groups is 1. The lowest BCUT2D eigenvalue weighted by Gasteiger charge is -2.19. The van der Waals surface area contributed by atoms with Gasteiger partial charge in [-0.1, -0.05) is 30.3 Å². The van der Waals surface area contributed by atoms with Gasteiger partial charge in [-0.3, -0.25) is 5.32 Å². The van der Waals surface area contributed by atoms with Crippen LogP contribution in [-0.4, -0.2) is 17.9 Å². The first-order chi connectivity index (χ1) is 7.77. The smallest absolute Gasteiger partial charge is 0.102 e. The molecule has 2 heteroatoms. The molecule has 1 unspecified atom stereocenters. The molecule has 1 aliphatic carbocycles. The van der Waals surface area contributed by atoms with Gasteiger partial charge < -0.3 is 5.11 Å². The van der Waals surface area contributed by atoms with Crippen LogP contribution < -0.4 is 5.32 Å². The van der Waals surface area contributed by atoms with E-state index in [0.29, 0.717) is 0 Å². The number of nitrogens with one attached hydrogen (secondary N) is 1. The minimum absolute atomic E-state index is 0.435. The molecule has 2 N–H and O–H groups in total. The van der Waals surface area contributed by atoms with Crippen LogP contribution in [0, 0.1) is 0 Å². The van der Waals surface area contributed by atoms with Gasteiger partial charge in [-0.25, -0.2) is 0 Å². The fourth-order valence-electron chi connectivity index (χ4n) is 2.22. The van der Waals surface area contributed by atoms with Crippen molar-refractivity contribution in [2.75, 3.05) is 6.54 Å². The second-order valence-corrected chi connectivity index (χ2v) is 4.32. The van der Waals surface area contributed by atoms with E-state index in [2.05, 4.69) is 35.7 Å². The van der Waals surface area contributed by atoms with Gasteiger partial charge in [-0.15, -0.1) is 0 Å². The van der Waals surface area contributed by atoms with Crippen LogP contribution in [0.25, 0.3) is 5.57 Å². The van der Waals surface area contributed by atoms with Crippen LogP contribution in [0.15, 0.2) is 30.3 Å². The van der Waals surface area contributed by atoms with Crippen LogP contribution >= 0.6 is 0 Å². The maximum atomic E-state index is 9.14. The molecule has 86 valence electrons. The van der Waals surface area contributed by atoms with Crippen LogP contribution in [0.4, 0.5) is 0 Å². The molecule has 0 spiro atoms. The SMILES string of the molecule is CC(O)NC/C=C1\CCCc2ccccc21. The zero-order valence-corrected chi connectivity index (χ0v) is 9.74. The van der Waals surface area contributed by atoms with E-state index in [1.165, 1.54) is 29.5 Å². The molecule has 1 aliphatic rings. The Morgan fingerprint density at radius 1 is 1.38 bits per heavy atom. The summed E-state index contributed by atoms with van der Waals surface area (Å²) in [7, 11) is 0. The molecule has 0 saturated heterocycles. The van der Waals surface area contributed by atoms with Gasteiger partial charge >= 0.3 is 0 Å². The Labute approximate surface area is 97.0 Å². The normalized spacial score (nSPS) is 19.5. The maximum Gasteiger partial charge on any atom is 0.102 e. The van der Waals surface area contributed by atoms with Crippen molar-refractivity contribution in [1.29, 1.82) is 0 Å². The van der Waals surface area contributed by atoms with Gasteiger partial charge in [0.15, 0.2) is 0 Å². The average molecular weight is 217 g/mol. The van der Waals surface area contributed by atoms with Gasteiger partial charge in [-0.2, -0.15) is 0 Å². The first-order valence-electron chi connectivity index (χ1n) is 5.96. The molecule has 0 aliphatic heterocycles. The molecule has 0 fully saturated rings. The Hall–Kier alpha value is -1.12. The van der Waals surface area contributed by atoms with Gasteiger partial charge in [0, 0.05) is 6.54 Å². The lowest BCUT2D eigenvalue weighted by atomic mass is 9.87. The molecule has 1 atom stereocenters. The summed E-state index contributed by atoms with van der Waals surface area (Å²) < 4.78 is 0. The number of aryl methyl sites for hydroxylation is 1. The molecule has 1 aromatic rings. The summed E-state index contributed by atoms with van der Waals surface area (Å²) in [5, 5.41) is 12.1. The van der Waals surface area contributed by atoms with Crippen molar-refractivity contribution in [3.8, 4) is 0 Å². The fraction of sp³-hybridized carbons (Fsp3) is 0.429. The summed E-state index contributed by atoms with van der Waals surface area (Å²) in [6, 6.07) is 8.61. The van der Waals surface area contributed by atoms with Crippen LogP contribution in [-0.2, 0) is 6.42 Å². The average Bonchev–Trinajstić information content (AvgIpc) is 2.29. The van der Waals surface area contributed by atoms with Crippen LogP contribution in [0.5, 0.6) is 0 Å². The zero-order valence-electron chi connectivity index (χ0n) is 9.74. The highest BCUT2D eigenvalue weighted by molar-refractivity contribution is 5.70. The van der Waals surface area contributed by atoms with E-state index in [1.54, 1.807) is 6.92 Å². The standard InChI is InChI=1S/C14H19NO/c1-11(16)15-10-9-13-7-4-6-12-5-2-3-8-14(12)13/h2-3,5,8-9,11,15-16H,4,6-7,10H2,1H3/b13-9+. The second-order valence-electron chi connectivity index (χ2n) is 4.32. The largest absolute Gasteiger partial charge is 0.379 e. The van der Waals surface area contributed by atoms with Crippen LogP contribution in [0.2, 0.25) is 0 Å². The van der Waals surface area contributed by atoms with E-state index in [4.69, 9.17) is 5.11 Å². The number of aliphatic hydroxyl groups excluding tert-OH is 1. The highest BCUT2D eigenvalue weighted by Gasteiger charge is 2.12. The number of hydrogen-bond donors (Lipinski definition) is 2. The van der Waals surface area contributed by atoms with Gasteiger partial charge in [0.2, 0.25) is 0 Å². The fourth-order valence-corrected chi connectivity index (χ4v) is 2.22. The molecular formula is C14H19NO. The third-order valence-corrected chi connectivity index (χ3v) is 3.02. The summed E-state index contributed by atoms with van der Waals surface area (Å²) in [6.45, 7) is 2.48. The number of hydrogen-bond acceptors (Lipinski definition) is 2. The van der Waals surface area contributed by atoms with Crippen LogP contribution in [0.3, 0.4) is 0 Å². The first kappa shape index (κ1) is 11.4. The Bertz CT molecular complexity index is 382. The molecule has 0 saturated carbocycles. The van der Waals surface area contributed by atoms with E-state index in [-0.39, 0.29) is 0 Å². The molecule has 0 radical (unpaired) electrons. The number of rotatable bonds is 3. The van der Waals surface area contributed by atoms with Crippen molar-refractivity contribution in [3.05, 3.63) is 41.5 Å². The second kappa shape index (κ2) is 5.28. The Balaban J connectivity index is 2.12. The summed E-state index contributed by atoms with van der Waals surface area (Å²) in [4.78, 5) is 0. The number of benzene rings is 1. The number of allylic oxidation sites excluding steroid dienone is 1. The molecule has 0 heterocycles. The van der Waals surface area contributed by atoms with E-state index in [1.807, 2.05) is 0 Å². The van der Waals surface area contributed by atoms with Crippen LogP contribution in [0.1, 0.15) is 30.9 Å². The summed E-state index contributed by atoms with van der Waals surface area (Å²) in [5.41, 5.74) is 4.26. The van der Waals surface area contributed by atoms with Crippen molar-refractivity contribution < 1.29 is 5.11 Å². The lowest BCUT2D eigenvalue weighted by Crippen LogP contribution is -2.25. The van der Waals surface area contributed by atoms with Crippen molar-refractivity contribution in [2.45, 2.75) is 32.4 Å². The third kappa shape index (κ3) is 2.71. The summed E-state index contributed by atoms with van der Waals surface area (Å²) in [5.74, 6) is 0. The predicted molar refractivity (Wildman–Crippen MR) is 67.0 cm³/mol. The van der Waals surface area contributed by atoms with Crippen molar-refractivity contribution in [2.24, 2.45) is 0 Å². The molecule has 0 aromatic heterocycles. The first-order valence-corrected chi connectivity index (χ1v) is 5.96. The third-order valence-electron chi connectivity index (χ3n) is 3.02. The summed E-state index contributed by atoms with van der Waals surface area (Å²) >= 11 is 0. The molecule has 2 rings (SSSR count). The molecular weight excluding hydrogens is 198 g/mol. The minimum Gasteiger partial charge on any atom is -0.379 e. The zero-order chi connectivity index (χ0) is 11.4. The van der Waals surface area contributed by atoms with Gasteiger partial charge in [0.1, 0.15) is 6.23 Å². The van der Waals surface area contributed by atoms with E-state index in [9.17, 15) is 0 Å². The van der Waals surface area contributed by atoms with E-state index >= 15 is 0 Å². The van der Waals surface area contributed by atoms with Crippen molar-refractivity contribution >= 4 is 5.57 Å². The van der Waals surface area contributed by atoms with Crippen molar-refractivity contribution in [1.82, 2.24) is 5.32 Å². The maximum absolute atomic E-state index is 9.14. The van der Waals surface area contributed by atoms with Crippen molar-refractivity contribution in [3.63, 3.8) is 0 Å². The van der Waals surface area contributed by atoms with Gasteiger partial charge in [0.05, 0.1) is 0 Å². The highest BCUT2D eigenvalue weighted by atomic mass is 16.3. The molecule has 2 nitrogen and oxygen atoms in total. The topological polar surface area (TPSA) is 32.3 Å². The predicted octanol–water partition coefficient (Wildman–Crippen LogP) is 2.33. The molecule has 1 aromatic carbocycles. The Morgan fingerprint density at radius 2 is 2.19 bits per heavy atom. The van der Waals surface area contributed by atoms with Gasteiger partial charge in [-0.05, 0) is 42.9 Å². The van der Waals surface area contributed by atoms with Gasteiger partial charge in [0.25, 0.3) is 0 Å². The molecule has 16 heavy (non-hydrogen) atoms. The minimum atomic E-state index is -0.435. The molecule has 0 amide bonds. The monoisotopic (exact) mass is 217 g/mol. The lowest BCUT2D eigenvalue weighted by molar-refractivity contribution is 0.162. The van der Waals surface area contributed by atoms with E-state index in [0.717, 1.165) is 13.0 Å². The summed E-state index contributed by atoms with van der Waals surface area (Å²) in [6.07, 6.45) is 5.34. The molecule has 0 bridgehead atoms.